The number of aryl methyl sites for hydroxylation is 1. The second-order valence-electron chi connectivity index (χ2n) is 6.91. The van der Waals surface area contributed by atoms with Crippen molar-refractivity contribution in [2.75, 3.05) is 44.2 Å². The molecule has 0 aromatic heterocycles. The second-order valence-corrected chi connectivity index (χ2v) is 6.91. The number of guanidine groups is 1. The maximum absolute atomic E-state index is 12.7. The number of carbonyl (C=O) groups is 2. The minimum Gasteiger partial charge on any atom is -0.357 e. The van der Waals surface area contributed by atoms with Crippen molar-refractivity contribution in [3.8, 4) is 0 Å². The zero-order chi connectivity index (χ0) is 19.1. The first-order chi connectivity index (χ1) is 13.2. The molecule has 3 rings (SSSR count). The molecule has 8 heteroatoms. The normalized spacial score (nSPS) is 16.2. The first-order valence-electron chi connectivity index (χ1n) is 9.87. The Balaban J connectivity index is 0.00000280. The van der Waals surface area contributed by atoms with Crippen LogP contribution < -0.4 is 15.5 Å². The van der Waals surface area contributed by atoms with Crippen LogP contribution in [0, 0.1) is 0 Å². The predicted octanol–water partition coefficient (Wildman–Crippen LogP) is 1.76. The molecule has 1 aromatic carbocycles. The lowest BCUT2D eigenvalue weighted by Gasteiger charge is -2.29. The minimum absolute atomic E-state index is 0. The number of benzene rings is 1. The molecule has 0 atom stereocenters. The Morgan fingerprint density at radius 2 is 1.79 bits per heavy atom. The quantitative estimate of drug-likeness (QED) is 0.368. The second kappa shape index (κ2) is 11.2. The summed E-state index contributed by atoms with van der Waals surface area (Å²) in [7, 11) is 0. The highest BCUT2D eigenvalue weighted by Crippen LogP contribution is 2.26. The summed E-state index contributed by atoms with van der Waals surface area (Å²) >= 11 is 0. The van der Waals surface area contributed by atoms with Crippen molar-refractivity contribution in [2.24, 2.45) is 4.99 Å². The maximum Gasteiger partial charge on any atom is 0.248 e. The summed E-state index contributed by atoms with van der Waals surface area (Å²) in [6.45, 7) is 5.28. The standard InChI is InChI=1S/C20H29N5O2.HI/c1-2-21-20(22-14-18(26)24-11-5-6-12-24)23-15-19(27)25-13-7-9-16-8-3-4-10-17(16)25;/h3-4,8,10H,2,5-7,9,11-15H2,1H3,(H2,21,22,23);1H. The van der Waals surface area contributed by atoms with Gasteiger partial charge in [0.1, 0.15) is 6.54 Å². The predicted molar refractivity (Wildman–Crippen MR) is 122 cm³/mol. The van der Waals surface area contributed by atoms with Gasteiger partial charge in [0, 0.05) is 31.9 Å². The fraction of sp³-hybridized carbons (Fsp3) is 0.550. The maximum atomic E-state index is 12.7. The summed E-state index contributed by atoms with van der Waals surface area (Å²) in [5.41, 5.74) is 2.20. The number of carbonyl (C=O) groups excluding carboxylic acids is 2. The van der Waals surface area contributed by atoms with Crippen LogP contribution >= 0.6 is 24.0 Å². The van der Waals surface area contributed by atoms with Crippen molar-refractivity contribution in [1.82, 2.24) is 15.5 Å². The molecule has 7 nitrogen and oxygen atoms in total. The summed E-state index contributed by atoms with van der Waals surface area (Å²) in [6, 6.07) is 8.04. The van der Waals surface area contributed by atoms with Gasteiger partial charge in [-0.2, -0.15) is 0 Å². The monoisotopic (exact) mass is 499 g/mol. The lowest BCUT2D eigenvalue weighted by molar-refractivity contribution is -0.128. The summed E-state index contributed by atoms with van der Waals surface area (Å²) < 4.78 is 0. The van der Waals surface area contributed by atoms with E-state index in [1.165, 1.54) is 5.56 Å². The number of likely N-dealkylation sites (tertiary alicyclic amines) is 1. The van der Waals surface area contributed by atoms with Crippen LogP contribution in [0.1, 0.15) is 31.7 Å². The smallest absolute Gasteiger partial charge is 0.248 e. The number of anilines is 1. The van der Waals surface area contributed by atoms with E-state index >= 15 is 0 Å². The molecule has 1 fully saturated rings. The molecule has 0 radical (unpaired) electrons. The summed E-state index contributed by atoms with van der Waals surface area (Å²) in [5, 5.41) is 6.16. The van der Waals surface area contributed by atoms with Crippen LogP contribution in [-0.2, 0) is 16.0 Å². The van der Waals surface area contributed by atoms with E-state index in [0.29, 0.717) is 12.5 Å². The molecule has 2 N–H and O–H groups in total. The molecule has 154 valence electrons. The SMILES string of the molecule is CCNC(=NCC(=O)N1CCCc2ccccc21)NCC(=O)N1CCCC1.I. The van der Waals surface area contributed by atoms with Gasteiger partial charge in [-0.05, 0) is 44.2 Å². The van der Waals surface area contributed by atoms with Gasteiger partial charge in [-0.15, -0.1) is 24.0 Å². The van der Waals surface area contributed by atoms with E-state index in [9.17, 15) is 9.59 Å². The summed E-state index contributed by atoms with van der Waals surface area (Å²) in [5.74, 6) is 0.559. The van der Waals surface area contributed by atoms with Crippen LogP contribution in [0.5, 0.6) is 0 Å². The Labute approximate surface area is 184 Å². The molecule has 2 aliphatic rings. The molecule has 2 heterocycles. The van der Waals surface area contributed by atoms with E-state index in [2.05, 4.69) is 21.7 Å². The van der Waals surface area contributed by atoms with Crippen molar-refractivity contribution in [2.45, 2.75) is 32.6 Å². The first kappa shape index (κ1) is 22.4. The number of hydrogen-bond donors (Lipinski definition) is 2. The zero-order valence-corrected chi connectivity index (χ0v) is 18.8. The van der Waals surface area contributed by atoms with Crippen LogP contribution in [0.4, 0.5) is 5.69 Å². The number of para-hydroxylation sites is 1. The molecule has 1 aromatic rings. The van der Waals surface area contributed by atoms with Crippen LogP contribution in [-0.4, -0.2) is 61.9 Å². The number of amides is 2. The Hall–Kier alpha value is -1.84. The van der Waals surface area contributed by atoms with E-state index < -0.39 is 0 Å². The molecule has 0 bridgehead atoms. The average Bonchev–Trinajstić information content (AvgIpc) is 3.24. The van der Waals surface area contributed by atoms with Gasteiger partial charge in [0.15, 0.2) is 5.96 Å². The van der Waals surface area contributed by atoms with Crippen molar-refractivity contribution in [1.29, 1.82) is 0 Å². The number of rotatable bonds is 5. The summed E-state index contributed by atoms with van der Waals surface area (Å²) in [6.07, 6.45) is 4.12. The van der Waals surface area contributed by atoms with Crippen LogP contribution in [0.15, 0.2) is 29.3 Å². The molecule has 0 saturated carbocycles. The van der Waals surface area contributed by atoms with Gasteiger partial charge in [0.25, 0.3) is 0 Å². The third-order valence-electron chi connectivity index (χ3n) is 4.99. The molecule has 0 unspecified atom stereocenters. The molecule has 1 saturated heterocycles. The Kier molecular flexibility index (Phi) is 9.01. The lowest BCUT2D eigenvalue weighted by Crippen LogP contribution is -2.44. The van der Waals surface area contributed by atoms with E-state index in [1.807, 2.05) is 34.9 Å². The van der Waals surface area contributed by atoms with Gasteiger partial charge >= 0.3 is 0 Å². The first-order valence-corrected chi connectivity index (χ1v) is 9.87. The molecular weight excluding hydrogens is 469 g/mol. The van der Waals surface area contributed by atoms with Crippen molar-refractivity contribution in [3.63, 3.8) is 0 Å². The number of aliphatic imine (C=N–C) groups is 1. The molecule has 0 aliphatic carbocycles. The van der Waals surface area contributed by atoms with Crippen LogP contribution in [0.25, 0.3) is 0 Å². The number of nitrogens with one attached hydrogen (secondary N) is 2. The third kappa shape index (κ3) is 5.83. The zero-order valence-electron chi connectivity index (χ0n) is 16.4. The van der Waals surface area contributed by atoms with E-state index in [0.717, 1.165) is 51.0 Å². The summed E-state index contributed by atoms with van der Waals surface area (Å²) in [4.78, 5) is 33.0. The van der Waals surface area contributed by atoms with Gasteiger partial charge in [0.2, 0.25) is 11.8 Å². The molecule has 2 amide bonds. The van der Waals surface area contributed by atoms with Crippen molar-refractivity contribution in [3.05, 3.63) is 29.8 Å². The number of fused-ring (bicyclic) bond motifs is 1. The van der Waals surface area contributed by atoms with E-state index in [1.54, 1.807) is 0 Å². The minimum atomic E-state index is -0.0229. The number of halogens is 1. The van der Waals surface area contributed by atoms with E-state index in [-0.39, 0.29) is 48.9 Å². The number of nitrogens with zero attached hydrogens (tertiary/aromatic N) is 3. The Morgan fingerprint density at radius 3 is 2.54 bits per heavy atom. The highest BCUT2D eigenvalue weighted by atomic mass is 127. The van der Waals surface area contributed by atoms with E-state index in [4.69, 9.17) is 0 Å². The van der Waals surface area contributed by atoms with Gasteiger partial charge in [-0.25, -0.2) is 4.99 Å². The van der Waals surface area contributed by atoms with Crippen LogP contribution in [0.3, 0.4) is 0 Å². The Bertz CT molecular complexity index is 704. The third-order valence-corrected chi connectivity index (χ3v) is 4.99. The highest BCUT2D eigenvalue weighted by molar-refractivity contribution is 14.0. The molecule has 0 spiro atoms. The van der Waals surface area contributed by atoms with Crippen molar-refractivity contribution >= 4 is 47.4 Å². The van der Waals surface area contributed by atoms with Crippen LogP contribution in [0.2, 0.25) is 0 Å². The van der Waals surface area contributed by atoms with Gasteiger partial charge in [0.05, 0.1) is 6.54 Å². The molecule has 2 aliphatic heterocycles. The van der Waals surface area contributed by atoms with Gasteiger partial charge in [-0.3, -0.25) is 9.59 Å². The highest BCUT2D eigenvalue weighted by Gasteiger charge is 2.22. The Morgan fingerprint density at radius 1 is 1.04 bits per heavy atom. The number of hydrogen-bond acceptors (Lipinski definition) is 3. The van der Waals surface area contributed by atoms with Crippen molar-refractivity contribution < 1.29 is 9.59 Å². The van der Waals surface area contributed by atoms with Gasteiger partial charge in [-0.1, -0.05) is 18.2 Å². The largest absolute Gasteiger partial charge is 0.357 e. The topological polar surface area (TPSA) is 77.0 Å². The fourth-order valence-corrected chi connectivity index (χ4v) is 3.60. The molecular formula is C20H30IN5O2. The lowest BCUT2D eigenvalue weighted by atomic mass is 10.0. The average molecular weight is 499 g/mol. The fourth-order valence-electron chi connectivity index (χ4n) is 3.60. The van der Waals surface area contributed by atoms with Gasteiger partial charge < -0.3 is 20.4 Å². The molecule has 28 heavy (non-hydrogen) atoms.